The number of rotatable bonds is 9. The van der Waals surface area contributed by atoms with Crippen molar-refractivity contribution in [3.8, 4) is 5.69 Å². The molecule has 16 heteroatoms. The van der Waals surface area contributed by atoms with Gasteiger partial charge in [-0.15, -0.1) is 0 Å². The molecule has 0 spiro atoms. The summed E-state index contributed by atoms with van der Waals surface area (Å²) in [6.45, 7) is 3.69. The van der Waals surface area contributed by atoms with Gasteiger partial charge < -0.3 is 9.11 Å². The third-order valence-corrected chi connectivity index (χ3v) is 7.85. The van der Waals surface area contributed by atoms with Crippen molar-refractivity contribution in [2.75, 3.05) is 5.01 Å². The number of hydrazone groups is 1. The van der Waals surface area contributed by atoms with Crippen LogP contribution in [0.2, 0.25) is 0 Å². The van der Waals surface area contributed by atoms with Crippen LogP contribution in [0.3, 0.4) is 0 Å². The Bertz CT molecular complexity index is 1890. The normalized spacial score (nSPS) is 14.8. The van der Waals surface area contributed by atoms with E-state index in [0.717, 1.165) is 29.3 Å². The molecule has 0 fully saturated rings. The van der Waals surface area contributed by atoms with Crippen LogP contribution < -0.4 is 113 Å². The molecular weight excluding hydrogens is 651 g/mol. The number of H-pyrrole nitrogens is 1. The molecule has 4 rings (SSSR count). The molecule has 0 aliphatic carbocycles. The van der Waals surface area contributed by atoms with Crippen molar-refractivity contribution in [1.29, 1.82) is 0 Å². The van der Waals surface area contributed by atoms with Crippen LogP contribution in [0.15, 0.2) is 98.1 Å². The standard InChI is InChI=1S/C27H26N4O8S2.2K/c1-3-24-22(26(32)30(28-24)18-10-14-20(15-11-18)40(34,35)36)8-6-5-7-9-23-25(4-2)29-31(27(23)33)19-12-16-21(17-13-19)41(37,38)39;;/h5-17,28H,3-4H2,1-2H3,(H,34,35,36)(H,37,38,39);;/q;2*+1/p-2/b7-5+,8-6+,23-9+;;. The zero-order chi connectivity index (χ0) is 29.9. The molecule has 0 bridgehead atoms. The van der Waals surface area contributed by atoms with Crippen LogP contribution in [0, 0.1) is 0 Å². The van der Waals surface area contributed by atoms with Gasteiger partial charge in [-0.25, -0.2) is 21.5 Å². The summed E-state index contributed by atoms with van der Waals surface area (Å²) in [4.78, 5) is 25.2. The number of hydrogen-bond donors (Lipinski definition) is 1. The van der Waals surface area contributed by atoms with E-state index in [2.05, 4.69) is 10.2 Å². The molecule has 1 amide bonds. The number of allylic oxidation sites excluding steroid dienone is 4. The number of aromatic amines is 1. The molecule has 0 atom stereocenters. The molecule has 43 heavy (non-hydrogen) atoms. The molecule has 1 aliphatic rings. The van der Waals surface area contributed by atoms with Gasteiger partial charge in [0.2, 0.25) is 0 Å². The van der Waals surface area contributed by atoms with Gasteiger partial charge in [-0.1, -0.05) is 32.1 Å². The summed E-state index contributed by atoms with van der Waals surface area (Å²) in [5.41, 5.74) is 2.16. The number of benzene rings is 2. The summed E-state index contributed by atoms with van der Waals surface area (Å²) in [6, 6.07) is 9.87. The molecule has 12 nitrogen and oxygen atoms in total. The third kappa shape index (κ3) is 9.01. The predicted octanol–water partition coefficient (Wildman–Crippen LogP) is -3.15. The van der Waals surface area contributed by atoms with E-state index in [-0.39, 0.29) is 108 Å². The molecule has 0 radical (unpaired) electrons. The van der Waals surface area contributed by atoms with Crippen molar-refractivity contribution in [3.63, 3.8) is 0 Å². The van der Waals surface area contributed by atoms with Gasteiger partial charge in [0, 0.05) is 5.69 Å². The minimum Gasteiger partial charge on any atom is -0.744 e. The molecule has 0 saturated carbocycles. The van der Waals surface area contributed by atoms with E-state index >= 15 is 0 Å². The first kappa shape index (κ1) is 38.1. The van der Waals surface area contributed by atoms with E-state index in [1.165, 1.54) is 28.9 Å². The maximum Gasteiger partial charge on any atom is 1.00 e. The molecule has 214 valence electrons. The van der Waals surface area contributed by atoms with Gasteiger partial charge in [0.15, 0.2) is 0 Å². The van der Waals surface area contributed by atoms with Gasteiger partial charge in [-0.2, -0.15) is 10.1 Å². The Morgan fingerprint density at radius 2 is 1.33 bits per heavy atom. The quantitative estimate of drug-likeness (QED) is 0.107. The molecule has 1 N–H and O–H groups in total. The number of aromatic nitrogens is 2. The number of aryl methyl sites for hydroxylation is 1. The van der Waals surface area contributed by atoms with Crippen LogP contribution in [0.5, 0.6) is 0 Å². The zero-order valence-electron chi connectivity index (χ0n) is 23.8. The minimum absolute atomic E-state index is 0. The van der Waals surface area contributed by atoms with Crippen LogP contribution in [-0.2, 0) is 31.5 Å². The Morgan fingerprint density at radius 1 is 0.791 bits per heavy atom. The third-order valence-electron chi connectivity index (χ3n) is 6.15. The topological polar surface area (TPSA) is 185 Å². The second kappa shape index (κ2) is 15.9. The van der Waals surface area contributed by atoms with Crippen molar-refractivity contribution >= 4 is 43.6 Å². The van der Waals surface area contributed by atoms with Crippen molar-refractivity contribution in [2.45, 2.75) is 36.5 Å². The second-order valence-electron chi connectivity index (χ2n) is 8.74. The van der Waals surface area contributed by atoms with Crippen LogP contribution in [0.4, 0.5) is 5.69 Å². The number of hydrogen-bond acceptors (Lipinski definition) is 9. The maximum atomic E-state index is 13.0. The van der Waals surface area contributed by atoms with Crippen molar-refractivity contribution in [2.24, 2.45) is 5.10 Å². The average Bonchev–Trinajstić information content (AvgIpc) is 3.43. The van der Waals surface area contributed by atoms with Crippen LogP contribution in [0.25, 0.3) is 11.8 Å². The predicted molar refractivity (Wildman–Crippen MR) is 150 cm³/mol. The first-order chi connectivity index (χ1) is 19.3. The maximum absolute atomic E-state index is 13.0. The number of amides is 1. The van der Waals surface area contributed by atoms with Gasteiger partial charge in [0.25, 0.3) is 11.5 Å². The van der Waals surface area contributed by atoms with Gasteiger partial charge in [-0.3, -0.25) is 14.7 Å². The van der Waals surface area contributed by atoms with Crippen LogP contribution in [0.1, 0.15) is 31.5 Å². The van der Waals surface area contributed by atoms with Crippen LogP contribution in [-0.4, -0.2) is 47.3 Å². The molecule has 2 heterocycles. The van der Waals surface area contributed by atoms with Gasteiger partial charge in [-0.05, 0) is 73.5 Å². The molecule has 1 aromatic heterocycles. The second-order valence-corrected chi connectivity index (χ2v) is 11.5. The SMILES string of the molecule is CCC1=NN(c2ccc(S(=O)(=O)[O-])cc2)C(=O)/C1=C/C=C/C=C/c1c(CC)[nH]n(-c2ccc(S(=O)(=O)[O-])cc2)c1=O.[K+].[K+]. The average molecular weight is 675 g/mol. The van der Waals surface area contributed by atoms with E-state index in [1.54, 1.807) is 30.4 Å². The molecule has 1 aliphatic heterocycles. The summed E-state index contributed by atoms with van der Waals surface area (Å²) < 4.78 is 68.3. The molecule has 2 aromatic carbocycles. The van der Waals surface area contributed by atoms with E-state index in [1.807, 2.05) is 13.8 Å². The fraction of sp³-hybridized carbons (Fsp3) is 0.148. The van der Waals surface area contributed by atoms with Gasteiger partial charge in [0.1, 0.15) is 20.2 Å². The fourth-order valence-electron chi connectivity index (χ4n) is 4.06. The number of carbonyl (C=O) groups excluding carboxylic acids is 1. The molecular formula is C27H24K2N4O8S2. The zero-order valence-corrected chi connectivity index (χ0v) is 31.7. The Hall–Kier alpha value is -1.10. The monoisotopic (exact) mass is 674 g/mol. The summed E-state index contributed by atoms with van der Waals surface area (Å²) >= 11 is 0. The van der Waals surface area contributed by atoms with E-state index in [4.69, 9.17) is 0 Å². The van der Waals surface area contributed by atoms with Crippen LogP contribution >= 0.6 is 0 Å². The number of anilines is 1. The first-order valence-electron chi connectivity index (χ1n) is 12.3. The Morgan fingerprint density at radius 3 is 1.81 bits per heavy atom. The van der Waals surface area contributed by atoms with Crippen molar-refractivity contribution in [1.82, 2.24) is 9.78 Å². The molecule has 0 unspecified atom stereocenters. The summed E-state index contributed by atoms with van der Waals surface area (Å²) in [6.07, 6.45) is 9.01. The Labute approximate surface area is 334 Å². The van der Waals surface area contributed by atoms with Crippen molar-refractivity contribution < 1.29 is 134 Å². The number of nitrogens with zero attached hydrogens (tertiary/aromatic N) is 3. The first-order valence-corrected chi connectivity index (χ1v) is 15.1. The smallest absolute Gasteiger partial charge is 0.744 e. The van der Waals surface area contributed by atoms with E-state index < -0.39 is 35.9 Å². The van der Waals surface area contributed by atoms with Gasteiger partial charge in [0.05, 0.1) is 38.0 Å². The number of carbonyl (C=O) groups is 1. The fourth-order valence-corrected chi connectivity index (χ4v) is 5.00. The Balaban J connectivity index is 0.00000323. The van der Waals surface area contributed by atoms with E-state index in [0.29, 0.717) is 46.8 Å². The Kier molecular flexibility index (Phi) is 14.1. The number of nitrogens with one attached hydrogen (secondary N) is 1. The molecule has 3 aromatic rings. The van der Waals surface area contributed by atoms with Crippen molar-refractivity contribution in [3.05, 3.63) is 100 Å². The summed E-state index contributed by atoms with van der Waals surface area (Å²) in [7, 11) is -9.22. The van der Waals surface area contributed by atoms with E-state index in [9.17, 15) is 35.5 Å². The minimum atomic E-state index is -4.62. The largest absolute Gasteiger partial charge is 1.00 e. The van der Waals surface area contributed by atoms with Gasteiger partial charge >= 0.3 is 103 Å². The summed E-state index contributed by atoms with van der Waals surface area (Å²) in [5.74, 6) is -0.425. The molecule has 0 saturated heterocycles. The summed E-state index contributed by atoms with van der Waals surface area (Å²) in [5, 5.41) is 8.43.